The Bertz CT molecular complexity index is 903. The molecule has 0 saturated heterocycles. The Morgan fingerprint density at radius 1 is 0.818 bits per heavy atom. The number of carbonyl (C=O) groups excluding carboxylic acids is 1. The van der Waals surface area contributed by atoms with Crippen LogP contribution in [0.3, 0.4) is 0 Å². The fourth-order valence-electron chi connectivity index (χ4n) is 2.92. The predicted molar refractivity (Wildman–Crippen MR) is 109 cm³/mol. The maximum Gasteiger partial charge on any atom is 1.00 e. The van der Waals surface area contributed by atoms with Gasteiger partial charge < -0.3 is 14.2 Å². The third-order valence-electron chi connectivity index (χ3n) is 4.09. The van der Waals surface area contributed by atoms with Crippen LogP contribution in [0.5, 0.6) is 17.2 Å². The molecule has 0 aliphatic carbocycles. The molecule has 0 saturated carbocycles. The van der Waals surface area contributed by atoms with Crippen molar-refractivity contribution in [2.24, 2.45) is 0 Å². The van der Waals surface area contributed by atoms with Crippen LogP contribution >= 0.6 is 8.58 Å². The second-order valence-corrected chi connectivity index (χ2v) is 7.48. The van der Waals surface area contributed by atoms with Gasteiger partial charge in [-0.05, 0) is 41.5 Å². The zero-order valence-corrected chi connectivity index (χ0v) is 19.4. The SMILES string of the molecule is CCOc1cc(OCC)c(PC(=O)c2c(C(F)(F)F)cccc2C(F)(F)F)c(OCC)c1.[Li+]. The molecular weight excluding hydrogens is 468 g/mol. The quantitative estimate of drug-likeness (QED) is 0.309. The smallest absolute Gasteiger partial charge is 0.494 e. The molecule has 12 heteroatoms. The maximum absolute atomic E-state index is 13.5. The van der Waals surface area contributed by atoms with Gasteiger partial charge in [0, 0.05) is 17.7 Å². The van der Waals surface area contributed by atoms with Crippen LogP contribution in [0.15, 0.2) is 30.3 Å². The van der Waals surface area contributed by atoms with Crippen LogP contribution in [0.25, 0.3) is 0 Å². The zero-order chi connectivity index (χ0) is 24.1. The molecule has 0 heterocycles. The van der Waals surface area contributed by atoms with Gasteiger partial charge in [-0.3, -0.25) is 4.79 Å². The van der Waals surface area contributed by atoms with E-state index in [0.29, 0.717) is 30.6 Å². The Balaban J connectivity index is 0.00000544. The fourth-order valence-corrected chi connectivity index (χ4v) is 4.08. The summed E-state index contributed by atoms with van der Waals surface area (Å²) in [6, 6.07) is 4.38. The van der Waals surface area contributed by atoms with Crippen molar-refractivity contribution < 1.29 is 64.2 Å². The Morgan fingerprint density at radius 3 is 1.61 bits per heavy atom. The van der Waals surface area contributed by atoms with Crippen molar-refractivity contribution in [3.63, 3.8) is 0 Å². The summed E-state index contributed by atoms with van der Waals surface area (Å²) >= 11 is 0. The molecule has 1 unspecified atom stereocenters. The van der Waals surface area contributed by atoms with Gasteiger partial charge in [-0.1, -0.05) is 6.07 Å². The van der Waals surface area contributed by atoms with Crippen LogP contribution in [0.4, 0.5) is 26.3 Å². The van der Waals surface area contributed by atoms with E-state index < -0.39 is 43.1 Å². The molecule has 0 N–H and O–H groups in total. The molecule has 4 nitrogen and oxygen atoms in total. The second-order valence-electron chi connectivity index (χ2n) is 6.27. The molecule has 0 radical (unpaired) electrons. The molecule has 2 aromatic rings. The van der Waals surface area contributed by atoms with Crippen molar-refractivity contribution in [1.82, 2.24) is 0 Å². The minimum atomic E-state index is -5.15. The first-order valence-electron chi connectivity index (χ1n) is 9.59. The molecule has 0 amide bonds. The minimum absolute atomic E-state index is 0. The average Bonchev–Trinajstić information content (AvgIpc) is 2.69. The van der Waals surface area contributed by atoms with E-state index in [2.05, 4.69) is 0 Å². The van der Waals surface area contributed by atoms with Gasteiger partial charge in [-0.25, -0.2) is 0 Å². The summed E-state index contributed by atoms with van der Waals surface area (Å²) < 4.78 is 97.2. The van der Waals surface area contributed by atoms with E-state index in [4.69, 9.17) is 14.2 Å². The first-order chi connectivity index (χ1) is 14.9. The molecule has 0 spiro atoms. The first-order valence-corrected chi connectivity index (χ1v) is 10.6. The van der Waals surface area contributed by atoms with Crippen molar-refractivity contribution in [3.05, 3.63) is 47.0 Å². The second kappa shape index (κ2) is 12.0. The summed E-state index contributed by atoms with van der Waals surface area (Å²) in [5.74, 6) is 0.505. The number of hydrogen-bond acceptors (Lipinski definition) is 4. The number of ether oxygens (including phenoxy) is 3. The van der Waals surface area contributed by atoms with E-state index in [0.717, 1.165) is 0 Å². The molecule has 0 fully saturated rings. The van der Waals surface area contributed by atoms with Crippen molar-refractivity contribution in [2.45, 2.75) is 33.1 Å². The Labute approximate surface area is 200 Å². The van der Waals surface area contributed by atoms with E-state index in [1.807, 2.05) is 0 Å². The number of rotatable bonds is 9. The van der Waals surface area contributed by atoms with Crippen LogP contribution < -0.4 is 38.4 Å². The van der Waals surface area contributed by atoms with E-state index in [1.54, 1.807) is 20.8 Å². The maximum atomic E-state index is 13.5. The summed E-state index contributed by atoms with van der Waals surface area (Å²) in [5, 5.41) is 0.0623. The molecular formula is C21H21F6LiO4P+. The Hall–Kier alpha value is -1.88. The summed E-state index contributed by atoms with van der Waals surface area (Å²) in [6.07, 6.45) is -10.3. The van der Waals surface area contributed by atoms with E-state index in [-0.39, 0.29) is 48.9 Å². The van der Waals surface area contributed by atoms with Gasteiger partial charge in [0.25, 0.3) is 0 Å². The zero-order valence-electron chi connectivity index (χ0n) is 18.4. The van der Waals surface area contributed by atoms with Crippen LogP contribution in [0, 0.1) is 0 Å². The number of alkyl halides is 6. The standard InChI is InChI=1S/C21H21F6O4P.Li/c1-4-29-12-10-15(30-5-2)18(16(11-12)31-6-3)32-19(28)17-13(20(22,23)24)8-7-9-14(17)21(25,26)27;/h7-11,32H,4-6H2,1-3H3;/q;+1. The van der Waals surface area contributed by atoms with E-state index in [1.165, 1.54) is 12.1 Å². The molecule has 0 aliphatic rings. The summed E-state index contributed by atoms with van der Waals surface area (Å²) in [6.45, 7) is 5.59. The Kier molecular flexibility index (Phi) is 10.6. The summed E-state index contributed by atoms with van der Waals surface area (Å²) in [5.41, 5.74) is -6.06. The largest absolute Gasteiger partial charge is 1.00 e. The van der Waals surface area contributed by atoms with Gasteiger partial charge in [0.15, 0.2) is 5.52 Å². The predicted octanol–water partition coefficient (Wildman–Crippen LogP) is 3.07. The molecule has 0 bridgehead atoms. The number of halogens is 6. The van der Waals surface area contributed by atoms with Gasteiger partial charge >= 0.3 is 31.2 Å². The minimum Gasteiger partial charge on any atom is -0.494 e. The number of benzene rings is 2. The third-order valence-corrected chi connectivity index (χ3v) is 5.31. The molecule has 1 atom stereocenters. The topological polar surface area (TPSA) is 44.8 Å². The van der Waals surface area contributed by atoms with Crippen LogP contribution in [0.1, 0.15) is 42.3 Å². The van der Waals surface area contributed by atoms with Crippen molar-refractivity contribution >= 4 is 19.4 Å². The van der Waals surface area contributed by atoms with Crippen LogP contribution in [0.2, 0.25) is 0 Å². The van der Waals surface area contributed by atoms with Gasteiger partial charge in [0.1, 0.15) is 17.2 Å². The van der Waals surface area contributed by atoms with Gasteiger partial charge in [0.2, 0.25) is 0 Å². The monoisotopic (exact) mass is 489 g/mol. The summed E-state index contributed by atoms with van der Waals surface area (Å²) in [7, 11) is -1.12. The van der Waals surface area contributed by atoms with Crippen LogP contribution in [-0.2, 0) is 12.4 Å². The first kappa shape index (κ1) is 29.1. The van der Waals surface area contributed by atoms with Crippen LogP contribution in [-0.4, -0.2) is 25.3 Å². The molecule has 33 heavy (non-hydrogen) atoms. The Morgan fingerprint density at radius 2 is 1.24 bits per heavy atom. The normalized spacial score (nSPS) is 11.9. The van der Waals surface area contributed by atoms with Crippen molar-refractivity contribution in [2.75, 3.05) is 19.8 Å². The van der Waals surface area contributed by atoms with Crippen molar-refractivity contribution in [3.8, 4) is 17.2 Å². The summed E-state index contributed by atoms with van der Waals surface area (Å²) in [4.78, 5) is 12.9. The molecule has 2 aromatic carbocycles. The molecule has 2 rings (SSSR count). The van der Waals surface area contributed by atoms with Gasteiger partial charge in [0.05, 0.1) is 36.3 Å². The van der Waals surface area contributed by atoms with Gasteiger partial charge in [-0.15, -0.1) is 0 Å². The van der Waals surface area contributed by atoms with E-state index >= 15 is 0 Å². The van der Waals surface area contributed by atoms with E-state index in [9.17, 15) is 31.1 Å². The average molecular weight is 489 g/mol. The molecule has 0 aliphatic heterocycles. The van der Waals surface area contributed by atoms with Gasteiger partial charge in [-0.2, -0.15) is 26.3 Å². The number of carbonyl (C=O) groups is 1. The third kappa shape index (κ3) is 7.30. The number of hydrogen-bond donors (Lipinski definition) is 0. The molecule has 0 aromatic heterocycles. The van der Waals surface area contributed by atoms with Crippen molar-refractivity contribution in [1.29, 1.82) is 0 Å². The molecule has 176 valence electrons. The fraction of sp³-hybridized carbons (Fsp3) is 0.381.